The van der Waals surface area contributed by atoms with E-state index in [2.05, 4.69) is 10.3 Å². The van der Waals surface area contributed by atoms with Crippen LogP contribution in [0, 0.1) is 5.82 Å². The number of amides is 2. The molecule has 0 unspecified atom stereocenters. The fraction of sp³-hybridized carbons (Fsp3) is 0.375. The van der Waals surface area contributed by atoms with Gasteiger partial charge in [-0.05, 0) is 49.1 Å². The third kappa shape index (κ3) is 5.10. The summed E-state index contributed by atoms with van der Waals surface area (Å²) >= 11 is 0. The van der Waals surface area contributed by atoms with Crippen LogP contribution in [0.25, 0.3) is 0 Å². The number of nitrogens with two attached hydrogens (primary N) is 1. The Morgan fingerprint density at radius 3 is 2.52 bits per heavy atom. The molecule has 0 aliphatic carbocycles. The zero-order valence-electron chi connectivity index (χ0n) is 18.2. The fourth-order valence-electron chi connectivity index (χ4n) is 3.84. The molecule has 6 nitrogen and oxygen atoms in total. The normalized spacial score (nSPS) is 16.6. The van der Waals surface area contributed by atoms with E-state index in [1.165, 1.54) is 17.0 Å². The summed E-state index contributed by atoms with van der Waals surface area (Å²) in [6.07, 6.45) is 1.69. The van der Waals surface area contributed by atoms with E-state index in [4.69, 9.17) is 5.73 Å². The van der Waals surface area contributed by atoms with Crippen LogP contribution in [-0.2, 0) is 11.3 Å². The lowest BCUT2D eigenvalue weighted by Gasteiger charge is -2.36. The van der Waals surface area contributed by atoms with Gasteiger partial charge < -0.3 is 11.1 Å². The molecule has 0 radical (unpaired) electrons. The monoisotopic (exact) mass is 424 g/mol. The van der Waals surface area contributed by atoms with Crippen LogP contribution in [-0.4, -0.2) is 28.2 Å². The molecule has 0 bridgehead atoms. The van der Waals surface area contributed by atoms with Gasteiger partial charge >= 0.3 is 0 Å². The second-order valence-corrected chi connectivity index (χ2v) is 8.01. The predicted octanol–water partition coefficient (Wildman–Crippen LogP) is 3.92. The summed E-state index contributed by atoms with van der Waals surface area (Å²) in [7, 11) is 0. The van der Waals surface area contributed by atoms with Crippen molar-refractivity contribution in [1.29, 1.82) is 0 Å². The summed E-state index contributed by atoms with van der Waals surface area (Å²) in [5.41, 5.74) is 7.23. The van der Waals surface area contributed by atoms with Crippen LogP contribution in [0.3, 0.4) is 0 Å². The van der Waals surface area contributed by atoms with E-state index in [1.807, 2.05) is 51.1 Å². The minimum Gasteiger partial charge on any atom is -0.369 e. The van der Waals surface area contributed by atoms with E-state index in [9.17, 15) is 14.0 Å². The first-order valence-corrected chi connectivity index (χ1v) is 10.6. The van der Waals surface area contributed by atoms with Crippen molar-refractivity contribution in [3.8, 4) is 0 Å². The maximum Gasteiger partial charge on any atom is 0.251 e. The van der Waals surface area contributed by atoms with E-state index >= 15 is 0 Å². The molecule has 3 N–H and O–H groups in total. The maximum absolute atomic E-state index is 14.3. The van der Waals surface area contributed by atoms with Crippen LogP contribution in [0.5, 0.6) is 0 Å². The van der Waals surface area contributed by atoms with E-state index < -0.39 is 11.4 Å². The first-order valence-electron chi connectivity index (χ1n) is 10.6. The van der Waals surface area contributed by atoms with Crippen LogP contribution in [0.15, 0.2) is 53.5 Å². The van der Waals surface area contributed by atoms with E-state index in [0.717, 1.165) is 5.56 Å². The molecular formula is C24H29FN4O2. The number of hydrogen-bond acceptors (Lipinski definition) is 4. The molecule has 2 amide bonds. The highest BCUT2D eigenvalue weighted by molar-refractivity contribution is 5.99. The van der Waals surface area contributed by atoms with Gasteiger partial charge in [0.15, 0.2) is 5.96 Å². The lowest BCUT2D eigenvalue weighted by atomic mass is 9.88. The van der Waals surface area contributed by atoms with Gasteiger partial charge in [-0.1, -0.05) is 44.2 Å². The third-order valence-electron chi connectivity index (χ3n) is 5.93. The van der Waals surface area contributed by atoms with Gasteiger partial charge in [-0.3, -0.25) is 14.5 Å². The number of carbonyl (C=O) groups excluding carboxylic acids is 2. The number of aliphatic imine (C=N–C) groups is 1. The second kappa shape index (κ2) is 9.29. The molecule has 1 heterocycles. The van der Waals surface area contributed by atoms with Crippen molar-refractivity contribution >= 4 is 17.8 Å². The third-order valence-corrected chi connectivity index (χ3v) is 5.93. The highest BCUT2D eigenvalue weighted by Gasteiger charge is 2.37. The molecule has 0 saturated carbocycles. The number of nitrogens with zero attached hydrogens (tertiary/aromatic N) is 2. The molecule has 1 aliphatic rings. The van der Waals surface area contributed by atoms with Gasteiger partial charge in [-0.25, -0.2) is 9.38 Å². The maximum atomic E-state index is 14.3. The van der Waals surface area contributed by atoms with Crippen LogP contribution < -0.4 is 11.1 Å². The molecule has 0 spiro atoms. The molecule has 1 atom stereocenters. The van der Waals surface area contributed by atoms with Gasteiger partial charge in [0.05, 0.1) is 24.5 Å². The minimum absolute atomic E-state index is 0.0595. The van der Waals surface area contributed by atoms with Crippen molar-refractivity contribution in [3.63, 3.8) is 0 Å². The Morgan fingerprint density at radius 2 is 1.90 bits per heavy atom. The standard InChI is InChI=1S/C24H29FN4O2/c1-4-24(5-2)14-21(30)29(23(26)28-24)15-17-11-19(13-20(25)12-17)22(31)27-16(3)18-9-7-6-8-10-18/h6-13,16H,4-5,14-15H2,1-3H3,(H2,26,28)(H,27,31)/t16-/m0/s1. The Morgan fingerprint density at radius 1 is 1.23 bits per heavy atom. The number of carbonyl (C=O) groups is 2. The molecule has 7 heteroatoms. The number of guanidine groups is 1. The largest absolute Gasteiger partial charge is 0.369 e. The number of benzene rings is 2. The van der Waals surface area contributed by atoms with E-state index in [1.54, 1.807) is 6.07 Å². The van der Waals surface area contributed by atoms with Crippen molar-refractivity contribution < 1.29 is 14.0 Å². The van der Waals surface area contributed by atoms with Gasteiger partial charge in [0, 0.05) is 5.56 Å². The van der Waals surface area contributed by atoms with Crippen molar-refractivity contribution in [2.45, 2.75) is 58.2 Å². The quantitative estimate of drug-likeness (QED) is 0.706. The summed E-state index contributed by atoms with van der Waals surface area (Å²) in [5, 5.41) is 2.88. The Kier molecular flexibility index (Phi) is 6.73. The highest BCUT2D eigenvalue weighted by atomic mass is 19.1. The lowest BCUT2D eigenvalue weighted by molar-refractivity contribution is -0.130. The van der Waals surface area contributed by atoms with Gasteiger partial charge in [0.25, 0.3) is 5.91 Å². The summed E-state index contributed by atoms with van der Waals surface area (Å²) in [6.45, 7) is 5.89. The van der Waals surface area contributed by atoms with E-state index in [-0.39, 0.29) is 42.3 Å². The fourth-order valence-corrected chi connectivity index (χ4v) is 3.84. The number of nitrogens with one attached hydrogen (secondary N) is 1. The Hall–Kier alpha value is -3.22. The molecule has 0 aromatic heterocycles. The van der Waals surface area contributed by atoms with Crippen LogP contribution in [0.2, 0.25) is 0 Å². The molecular weight excluding hydrogens is 395 g/mol. The van der Waals surface area contributed by atoms with Gasteiger partial charge in [0.1, 0.15) is 5.82 Å². The molecule has 164 valence electrons. The van der Waals surface area contributed by atoms with Crippen LogP contribution in [0.4, 0.5) is 4.39 Å². The molecule has 0 saturated heterocycles. The summed E-state index contributed by atoms with van der Waals surface area (Å²) in [6, 6.07) is 13.4. The van der Waals surface area contributed by atoms with Crippen molar-refractivity contribution in [3.05, 3.63) is 71.0 Å². The molecule has 3 rings (SSSR count). The Balaban J connectivity index is 1.78. The average Bonchev–Trinajstić information content (AvgIpc) is 2.76. The molecule has 0 fully saturated rings. The molecule has 2 aromatic rings. The molecule has 1 aliphatic heterocycles. The number of hydrogen-bond donors (Lipinski definition) is 2. The van der Waals surface area contributed by atoms with Crippen molar-refractivity contribution in [2.75, 3.05) is 0 Å². The van der Waals surface area contributed by atoms with Gasteiger partial charge in [0.2, 0.25) is 5.91 Å². The summed E-state index contributed by atoms with van der Waals surface area (Å²) in [4.78, 5) is 31.4. The first kappa shape index (κ1) is 22.5. The highest BCUT2D eigenvalue weighted by Crippen LogP contribution is 2.30. The zero-order chi connectivity index (χ0) is 22.6. The van der Waals surface area contributed by atoms with Crippen molar-refractivity contribution in [1.82, 2.24) is 10.2 Å². The van der Waals surface area contributed by atoms with Crippen LogP contribution >= 0.6 is 0 Å². The Bertz CT molecular complexity index is 986. The summed E-state index contributed by atoms with van der Waals surface area (Å²) in [5.74, 6) is -0.955. The van der Waals surface area contributed by atoms with Crippen LogP contribution in [0.1, 0.15) is 67.6 Å². The number of rotatable bonds is 7. The topological polar surface area (TPSA) is 87.8 Å². The summed E-state index contributed by atoms with van der Waals surface area (Å²) < 4.78 is 14.3. The molecule has 2 aromatic carbocycles. The second-order valence-electron chi connectivity index (χ2n) is 8.01. The average molecular weight is 425 g/mol. The molecule has 31 heavy (non-hydrogen) atoms. The van der Waals surface area contributed by atoms with E-state index in [0.29, 0.717) is 18.4 Å². The van der Waals surface area contributed by atoms with Crippen molar-refractivity contribution in [2.24, 2.45) is 10.7 Å². The van der Waals surface area contributed by atoms with Gasteiger partial charge in [-0.2, -0.15) is 0 Å². The minimum atomic E-state index is -0.550. The zero-order valence-corrected chi connectivity index (χ0v) is 18.2. The first-order chi connectivity index (χ1) is 14.8. The number of halogens is 1. The SMILES string of the molecule is CCC1(CC)CC(=O)N(Cc2cc(F)cc(C(=O)N[C@@H](C)c3ccccc3)c2)C(N)=N1. The lowest BCUT2D eigenvalue weighted by Crippen LogP contribution is -2.50. The predicted molar refractivity (Wildman–Crippen MR) is 119 cm³/mol. The Labute approximate surface area is 182 Å². The van der Waals surface area contributed by atoms with Gasteiger partial charge in [-0.15, -0.1) is 0 Å². The smallest absolute Gasteiger partial charge is 0.251 e.